The summed E-state index contributed by atoms with van der Waals surface area (Å²) < 4.78 is 18.2. The molecule has 0 aliphatic rings. The van der Waals surface area contributed by atoms with Crippen molar-refractivity contribution in [1.29, 1.82) is 0 Å². The molecule has 88 valence electrons. The van der Waals surface area contributed by atoms with Crippen molar-refractivity contribution in [3.63, 3.8) is 0 Å². The molecule has 0 aromatic carbocycles. The first-order chi connectivity index (χ1) is 7.70. The minimum absolute atomic E-state index is 0.0490. The van der Waals surface area contributed by atoms with E-state index in [0.717, 1.165) is 6.20 Å². The van der Waals surface area contributed by atoms with E-state index in [9.17, 15) is 9.18 Å². The van der Waals surface area contributed by atoms with Crippen LogP contribution >= 0.6 is 0 Å². The predicted molar refractivity (Wildman–Crippen MR) is 57.6 cm³/mol. The Labute approximate surface area is 94.0 Å². The van der Waals surface area contributed by atoms with E-state index in [0.29, 0.717) is 19.7 Å². The maximum atomic E-state index is 13.3. The number of ether oxygens (including phenoxy) is 1. The fraction of sp³-hybridized carbons (Fsp3) is 0.455. The third-order valence-electron chi connectivity index (χ3n) is 2.24. The number of methoxy groups -OCH3 is 1. The molecule has 1 rings (SSSR count). The Morgan fingerprint density at radius 1 is 1.62 bits per heavy atom. The van der Waals surface area contributed by atoms with Crippen LogP contribution in [0.3, 0.4) is 0 Å². The van der Waals surface area contributed by atoms with E-state index in [1.165, 1.54) is 17.2 Å². The summed E-state index contributed by atoms with van der Waals surface area (Å²) in [4.78, 5) is 17.0. The number of nitrogens with zero attached hydrogens (tertiary/aromatic N) is 2. The number of likely N-dealkylation sites (N-methyl/N-ethyl adjacent to an activating group) is 1. The van der Waals surface area contributed by atoms with E-state index >= 15 is 0 Å². The monoisotopic (exact) mass is 226 g/mol. The smallest absolute Gasteiger partial charge is 0.257 e. The Morgan fingerprint density at radius 3 is 2.94 bits per heavy atom. The van der Waals surface area contributed by atoms with Crippen molar-refractivity contribution in [3.05, 3.63) is 29.8 Å². The molecule has 5 heteroatoms. The lowest BCUT2D eigenvalue weighted by molar-refractivity contribution is 0.0701. The van der Waals surface area contributed by atoms with E-state index in [-0.39, 0.29) is 11.5 Å². The summed E-state index contributed by atoms with van der Waals surface area (Å²) in [5.74, 6) is -0.928. The van der Waals surface area contributed by atoms with Gasteiger partial charge in [-0.15, -0.1) is 0 Å². The number of carbonyl (C=O) groups excluding carboxylic acids is 1. The van der Waals surface area contributed by atoms with Crippen LogP contribution in [0.25, 0.3) is 0 Å². The third-order valence-corrected chi connectivity index (χ3v) is 2.24. The lowest BCUT2D eigenvalue weighted by Gasteiger charge is -2.20. The summed E-state index contributed by atoms with van der Waals surface area (Å²) in [6, 6.07) is 1.38. The lowest BCUT2D eigenvalue weighted by Crippen LogP contribution is -2.34. The van der Waals surface area contributed by atoms with E-state index in [1.54, 1.807) is 7.11 Å². The van der Waals surface area contributed by atoms with Gasteiger partial charge in [-0.2, -0.15) is 0 Å². The van der Waals surface area contributed by atoms with Gasteiger partial charge in [-0.1, -0.05) is 0 Å². The second-order valence-corrected chi connectivity index (χ2v) is 3.23. The molecular weight excluding hydrogens is 211 g/mol. The molecule has 1 aromatic rings. The molecule has 16 heavy (non-hydrogen) atoms. The maximum Gasteiger partial charge on any atom is 0.257 e. The zero-order valence-electron chi connectivity index (χ0n) is 9.44. The summed E-state index contributed by atoms with van der Waals surface area (Å²) in [6.45, 7) is 3.25. The molecule has 0 fully saturated rings. The highest BCUT2D eigenvalue weighted by molar-refractivity contribution is 5.94. The van der Waals surface area contributed by atoms with Crippen LogP contribution in [0.5, 0.6) is 0 Å². The Bertz CT molecular complexity index is 358. The van der Waals surface area contributed by atoms with Gasteiger partial charge in [-0.3, -0.25) is 9.78 Å². The molecule has 1 heterocycles. The van der Waals surface area contributed by atoms with E-state index in [2.05, 4.69) is 4.98 Å². The summed E-state index contributed by atoms with van der Waals surface area (Å²) in [7, 11) is 1.56. The first kappa shape index (κ1) is 12.6. The van der Waals surface area contributed by atoms with Gasteiger partial charge in [0.1, 0.15) is 0 Å². The molecule has 0 aliphatic carbocycles. The second kappa shape index (κ2) is 6.17. The van der Waals surface area contributed by atoms with Gasteiger partial charge >= 0.3 is 0 Å². The number of rotatable bonds is 5. The van der Waals surface area contributed by atoms with Gasteiger partial charge in [0.2, 0.25) is 0 Å². The first-order valence-electron chi connectivity index (χ1n) is 5.08. The SMILES string of the molecule is CCN(CCOC)C(=O)c1ccncc1F. The normalized spacial score (nSPS) is 10.2. The molecule has 0 aliphatic heterocycles. The van der Waals surface area contributed by atoms with Gasteiger partial charge in [-0.25, -0.2) is 4.39 Å². The average molecular weight is 226 g/mol. The minimum atomic E-state index is -0.594. The van der Waals surface area contributed by atoms with Gasteiger partial charge < -0.3 is 9.64 Å². The molecule has 0 saturated carbocycles. The van der Waals surface area contributed by atoms with E-state index < -0.39 is 5.82 Å². The number of pyridine rings is 1. The Hall–Kier alpha value is -1.49. The third kappa shape index (κ3) is 3.00. The van der Waals surface area contributed by atoms with Crippen molar-refractivity contribution in [2.45, 2.75) is 6.92 Å². The first-order valence-corrected chi connectivity index (χ1v) is 5.08. The molecule has 0 unspecified atom stereocenters. The molecule has 0 N–H and O–H groups in total. The van der Waals surface area contributed by atoms with E-state index in [4.69, 9.17) is 4.74 Å². The number of aromatic nitrogens is 1. The van der Waals surface area contributed by atoms with Gasteiger partial charge in [0.15, 0.2) is 5.82 Å². The topological polar surface area (TPSA) is 42.4 Å². The van der Waals surface area contributed by atoms with Crippen LogP contribution in [0.1, 0.15) is 17.3 Å². The zero-order chi connectivity index (χ0) is 12.0. The van der Waals surface area contributed by atoms with Crippen LogP contribution < -0.4 is 0 Å². The second-order valence-electron chi connectivity index (χ2n) is 3.23. The molecule has 4 nitrogen and oxygen atoms in total. The summed E-state index contributed by atoms with van der Waals surface area (Å²) in [5.41, 5.74) is 0.0490. The molecular formula is C11H15FN2O2. The molecule has 0 spiro atoms. The standard InChI is InChI=1S/C11H15FN2O2/c1-3-14(6-7-16-2)11(15)9-4-5-13-8-10(9)12/h4-5,8H,3,6-7H2,1-2H3. The van der Waals surface area contributed by atoms with Gasteiger partial charge in [0.05, 0.1) is 18.4 Å². The molecule has 0 bridgehead atoms. The van der Waals surface area contributed by atoms with Crippen LogP contribution in [0.4, 0.5) is 4.39 Å². The van der Waals surface area contributed by atoms with Crippen molar-refractivity contribution in [2.24, 2.45) is 0 Å². The van der Waals surface area contributed by atoms with Crippen molar-refractivity contribution >= 4 is 5.91 Å². The largest absolute Gasteiger partial charge is 0.383 e. The molecule has 1 aromatic heterocycles. The van der Waals surface area contributed by atoms with Crippen molar-refractivity contribution < 1.29 is 13.9 Å². The predicted octanol–water partition coefficient (Wildman–Crippen LogP) is 1.33. The summed E-state index contributed by atoms with van der Waals surface area (Å²) in [6.07, 6.45) is 2.44. The van der Waals surface area contributed by atoms with Crippen LogP contribution in [0, 0.1) is 5.82 Å². The van der Waals surface area contributed by atoms with Crippen molar-refractivity contribution in [3.8, 4) is 0 Å². The van der Waals surface area contributed by atoms with E-state index in [1.807, 2.05) is 6.92 Å². The average Bonchev–Trinajstić information content (AvgIpc) is 2.30. The Morgan fingerprint density at radius 2 is 2.38 bits per heavy atom. The number of hydrogen-bond acceptors (Lipinski definition) is 3. The van der Waals surface area contributed by atoms with Gasteiger partial charge in [0.25, 0.3) is 5.91 Å². The fourth-order valence-corrected chi connectivity index (χ4v) is 1.32. The molecule has 1 amide bonds. The Kier molecular flexibility index (Phi) is 4.85. The maximum absolute atomic E-state index is 13.3. The summed E-state index contributed by atoms with van der Waals surface area (Å²) in [5, 5.41) is 0. The minimum Gasteiger partial charge on any atom is -0.383 e. The highest BCUT2D eigenvalue weighted by Gasteiger charge is 2.17. The molecule has 0 saturated heterocycles. The number of carbonyl (C=O) groups is 1. The van der Waals surface area contributed by atoms with Crippen molar-refractivity contribution in [2.75, 3.05) is 26.8 Å². The highest BCUT2D eigenvalue weighted by atomic mass is 19.1. The van der Waals surface area contributed by atoms with Crippen LogP contribution in [-0.4, -0.2) is 42.6 Å². The lowest BCUT2D eigenvalue weighted by atomic mass is 10.2. The summed E-state index contributed by atoms with van der Waals surface area (Å²) >= 11 is 0. The number of amides is 1. The van der Waals surface area contributed by atoms with Gasteiger partial charge in [-0.05, 0) is 13.0 Å². The van der Waals surface area contributed by atoms with Crippen LogP contribution in [0.2, 0.25) is 0 Å². The number of halogens is 1. The van der Waals surface area contributed by atoms with Crippen LogP contribution in [0.15, 0.2) is 18.5 Å². The zero-order valence-corrected chi connectivity index (χ0v) is 9.44. The molecule has 0 atom stereocenters. The number of hydrogen-bond donors (Lipinski definition) is 0. The highest BCUT2D eigenvalue weighted by Crippen LogP contribution is 2.08. The van der Waals surface area contributed by atoms with Crippen molar-refractivity contribution in [1.82, 2.24) is 9.88 Å². The van der Waals surface area contributed by atoms with Gasteiger partial charge in [0, 0.05) is 26.4 Å². The molecule has 0 radical (unpaired) electrons. The quantitative estimate of drug-likeness (QED) is 0.760. The Balaban J connectivity index is 2.79. The van der Waals surface area contributed by atoms with Crippen LogP contribution in [-0.2, 0) is 4.74 Å². The fourth-order valence-electron chi connectivity index (χ4n) is 1.32.